The number of aliphatic hydroxyl groups excluding tert-OH is 1. The van der Waals surface area contributed by atoms with Crippen molar-refractivity contribution in [3.8, 4) is 0 Å². The van der Waals surface area contributed by atoms with Gasteiger partial charge in [-0.15, -0.1) is 0 Å². The van der Waals surface area contributed by atoms with Gasteiger partial charge in [-0.25, -0.2) is 4.79 Å². The van der Waals surface area contributed by atoms with Crippen LogP contribution in [0.3, 0.4) is 0 Å². The number of nitrogens with two attached hydrogens (primary N) is 1. The minimum absolute atomic E-state index is 0.0879. The van der Waals surface area contributed by atoms with E-state index in [0.29, 0.717) is 25.3 Å². The predicted octanol–water partition coefficient (Wildman–Crippen LogP) is -1.53. The van der Waals surface area contributed by atoms with Crippen LogP contribution in [0.1, 0.15) is 5.69 Å². The van der Waals surface area contributed by atoms with Crippen molar-refractivity contribution in [1.29, 1.82) is 5.41 Å². The average molecular weight is 307 g/mol. The predicted molar refractivity (Wildman–Crippen MR) is 83.9 cm³/mol. The highest BCUT2D eigenvalue weighted by Gasteiger charge is 2.09. The summed E-state index contributed by atoms with van der Waals surface area (Å²) >= 11 is 0. The van der Waals surface area contributed by atoms with Crippen LogP contribution < -0.4 is 22.1 Å². The first-order valence-electron chi connectivity index (χ1n) is 6.99. The Morgan fingerprint density at radius 3 is 3.09 bits per heavy atom. The third kappa shape index (κ3) is 4.30. The van der Waals surface area contributed by atoms with Gasteiger partial charge in [0.15, 0.2) is 5.96 Å². The Bertz CT molecular complexity index is 706. The standard InChI is InChI=1S/C13H21N7O2/c1-8-4-9-6-20(13(22)19-11(9)18-8)7-10(21)5-16-2-3-17-12(14)15/h4,6,10,16,21H,2-3,5,7H2,1H3,(H4,14,15,17)(H,18,19,22). The molecular formula is C13H21N7O2. The molecule has 2 rings (SSSR count). The molecule has 0 aliphatic carbocycles. The van der Waals surface area contributed by atoms with Crippen LogP contribution in [0.2, 0.25) is 0 Å². The molecule has 0 saturated carbocycles. The third-order valence-electron chi connectivity index (χ3n) is 3.11. The van der Waals surface area contributed by atoms with E-state index in [4.69, 9.17) is 11.1 Å². The summed E-state index contributed by atoms with van der Waals surface area (Å²) in [6, 6.07) is 1.90. The van der Waals surface area contributed by atoms with Crippen molar-refractivity contribution in [1.82, 2.24) is 25.2 Å². The molecule has 9 heteroatoms. The summed E-state index contributed by atoms with van der Waals surface area (Å²) in [5, 5.41) is 23.5. The van der Waals surface area contributed by atoms with Crippen LogP contribution in [0.25, 0.3) is 11.0 Å². The van der Waals surface area contributed by atoms with E-state index in [0.717, 1.165) is 11.1 Å². The van der Waals surface area contributed by atoms with E-state index in [1.54, 1.807) is 6.20 Å². The highest BCUT2D eigenvalue weighted by molar-refractivity contribution is 5.75. The number of nitrogens with one attached hydrogen (secondary N) is 4. The second-order valence-electron chi connectivity index (χ2n) is 5.13. The zero-order chi connectivity index (χ0) is 16.1. The molecule has 0 aliphatic heterocycles. The molecule has 0 aromatic carbocycles. The van der Waals surface area contributed by atoms with Gasteiger partial charge in [-0.3, -0.25) is 9.98 Å². The van der Waals surface area contributed by atoms with E-state index in [1.165, 1.54) is 4.57 Å². The van der Waals surface area contributed by atoms with Crippen LogP contribution >= 0.6 is 0 Å². The average Bonchev–Trinajstić information content (AvgIpc) is 2.77. The number of aromatic nitrogens is 3. The van der Waals surface area contributed by atoms with Crippen LogP contribution in [0, 0.1) is 12.3 Å². The maximum Gasteiger partial charge on any atom is 0.349 e. The lowest BCUT2D eigenvalue weighted by atomic mass is 10.3. The van der Waals surface area contributed by atoms with Gasteiger partial charge >= 0.3 is 5.69 Å². The normalized spacial score (nSPS) is 12.5. The van der Waals surface area contributed by atoms with E-state index < -0.39 is 11.8 Å². The summed E-state index contributed by atoms with van der Waals surface area (Å²) in [6.45, 7) is 3.44. The first kappa shape index (κ1) is 16.0. The van der Waals surface area contributed by atoms with E-state index in [-0.39, 0.29) is 12.5 Å². The molecule has 120 valence electrons. The van der Waals surface area contributed by atoms with Crippen molar-refractivity contribution in [3.05, 3.63) is 28.4 Å². The monoisotopic (exact) mass is 307 g/mol. The van der Waals surface area contributed by atoms with Crippen molar-refractivity contribution < 1.29 is 5.11 Å². The Kier molecular flexibility index (Phi) is 5.12. The number of aryl methyl sites for hydroxylation is 1. The van der Waals surface area contributed by atoms with E-state index >= 15 is 0 Å². The summed E-state index contributed by atoms with van der Waals surface area (Å²) in [5.74, 6) is -0.0879. The number of hydrogen-bond acceptors (Lipinski definition) is 5. The molecule has 0 spiro atoms. The van der Waals surface area contributed by atoms with Gasteiger partial charge in [0, 0.05) is 36.9 Å². The topological polar surface area (TPSA) is 145 Å². The number of fused-ring (bicyclic) bond motifs is 1. The molecule has 2 aromatic rings. The van der Waals surface area contributed by atoms with Crippen molar-refractivity contribution in [3.63, 3.8) is 0 Å². The summed E-state index contributed by atoms with van der Waals surface area (Å²) in [4.78, 5) is 18.8. The second-order valence-corrected chi connectivity index (χ2v) is 5.13. The number of rotatable bonds is 7. The Morgan fingerprint density at radius 2 is 2.36 bits per heavy atom. The molecule has 9 nitrogen and oxygen atoms in total. The van der Waals surface area contributed by atoms with Gasteiger partial charge in [-0.1, -0.05) is 0 Å². The van der Waals surface area contributed by atoms with Crippen molar-refractivity contribution in [2.45, 2.75) is 19.6 Å². The smallest absolute Gasteiger partial charge is 0.349 e. The van der Waals surface area contributed by atoms with Crippen LogP contribution in [0.4, 0.5) is 0 Å². The maximum absolute atomic E-state index is 11.9. The fourth-order valence-corrected chi connectivity index (χ4v) is 2.15. The molecule has 0 saturated heterocycles. The van der Waals surface area contributed by atoms with E-state index in [1.807, 2.05) is 13.0 Å². The zero-order valence-electron chi connectivity index (χ0n) is 12.4. The second kappa shape index (κ2) is 7.05. The van der Waals surface area contributed by atoms with Gasteiger partial charge in [0.05, 0.1) is 12.6 Å². The molecule has 1 atom stereocenters. The van der Waals surface area contributed by atoms with Crippen molar-refractivity contribution in [2.75, 3.05) is 19.6 Å². The summed E-state index contributed by atoms with van der Waals surface area (Å²) < 4.78 is 1.40. The molecule has 22 heavy (non-hydrogen) atoms. The Morgan fingerprint density at radius 1 is 1.59 bits per heavy atom. The lowest BCUT2D eigenvalue weighted by Gasteiger charge is -2.13. The lowest BCUT2D eigenvalue weighted by molar-refractivity contribution is 0.150. The number of hydrogen-bond donors (Lipinski definition) is 6. The van der Waals surface area contributed by atoms with E-state index in [9.17, 15) is 9.90 Å². The Balaban J connectivity index is 1.88. The number of H-pyrrole nitrogens is 1. The highest BCUT2D eigenvalue weighted by atomic mass is 16.3. The SMILES string of the molecule is Cc1cc2cn(CC(O)CNCCNC(=N)N)c(=O)nc2[nH]1. The van der Waals surface area contributed by atoms with Gasteiger partial charge in [0.1, 0.15) is 5.65 Å². The van der Waals surface area contributed by atoms with Crippen molar-refractivity contribution >= 4 is 17.0 Å². The number of aromatic amines is 1. The van der Waals surface area contributed by atoms with Gasteiger partial charge in [-0.05, 0) is 13.0 Å². The van der Waals surface area contributed by atoms with Gasteiger partial charge in [0.25, 0.3) is 0 Å². The molecule has 1 unspecified atom stereocenters. The number of guanidine groups is 1. The summed E-state index contributed by atoms with van der Waals surface area (Å²) in [7, 11) is 0. The maximum atomic E-state index is 11.9. The molecule has 0 fully saturated rings. The van der Waals surface area contributed by atoms with Crippen LogP contribution in [-0.4, -0.2) is 51.3 Å². The van der Waals surface area contributed by atoms with Crippen LogP contribution in [0.15, 0.2) is 17.1 Å². The van der Waals surface area contributed by atoms with Crippen LogP contribution in [0.5, 0.6) is 0 Å². The van der Waals surface area contributed by atoms with Gasteiger partial charge < -0.3 is 26.5 Å². The fourth-order valence-electron chi connectivity index (χ4n) is 2.15. The van der Waals surface area contributed by atoms with Crippen LogP contribution in [-0.2, 0) is 6.54 Å². The Labute approximate surface area is 127 Å². The zero-order valence-corrected chi connectivity index (χ0v) is 12.4. The minimum Gasteiger partial charge on any atom is -0.390 e. The third-order valence-corrected chi connectivity index (χ3v) is 3.11. The van der Waals surface area contributed by atoms with E-state index in [2.05, 4.69) is 20.6 Å². The first-order valence-corrected chi connectivity index (χ1v) is 6.99. The highest BCUT2D eigenvalue weighted by Crippen LogP contribution is 2.09. The molecule has 0 amide bonds. The molecule has 7 N–H and O–H groups in total. The number of nitrogens with zero attached hydrogens (tertiary/aromatic N) is 2. The molecule has 0 radical (unpaired) electrons. The summed E-state index contributed by atoms with van der Waals surface area (Å²) in [5.41, 5.74) is 6.24. The van der Waals surface area contributed by atoms with Gasteiger partial charge in [0.2, 0.25) is 0 Å². The Hall–Kier alpha value is -2.39. The molecule has 0 bridgehead atoms. The lowest BCUT2D eigenvalue weighted by Crippen LogP contribution is -2.39. The summed E-state index contributed by atoms with van der Waals surface area (Å²) in [6.07, 6.45) is 0.976. The molecule has 0 aliphatic rings. The minimum atomic E-state index is -0.714. The van der Waals surface area contributed by atoms with Gasteiger partial charge in [-0.2, -0.15) is 4.98 Å². The molecule has 2 aromatic heterocycles. The van der Waals surface area contributed by atoms with Crippen molar-refractivity contribution in [2.24, 2.45) is 5.73 Å². The first-order chi connectivity index (χ1) is 10.5. The fraction of sp³-hybridized carbons (Fsp3) is 0.462. The quantitative estimate of drug-likeness (QED) is 0.208. The largest absolute Gasteiger partial charge is 0.390 e. The number of aliphatic hydroxyl groups is 1. The molecule has 2 heterocycles. The molecular weight excluding hydrogens is 286 g/mol.